The van der Waals surface area contributed by atoms with Crippen LogP contribution in [0, 0.1) is 6.92 Å². The molecule has 1 heterocycles. The Balaban J connectivity index is 2.09. The average Bonchev–Trinajstić information content (AvgIpc) is 2.42. The summed E-state index contributed by atoms with van der Waals surface area (Å²) in [6.45, 7) is 1.94. The first-order valence-electron chi connectivity index (χ1n) is 6.12. The van der Waals surface area contributed by atoms with Gasteiger partial charge in [-0.05, 0) is 25.1 Å². The lowest BCUT2D eigenvalue weighted by Crippen LogP contribution is -1.91. The number of pyridine rings is 1. The number of hydrogen-bond donors (Lipinski definition) is 1. The van der Waals surface area contributed by atoms with Crippen molar-refractivity contribution in [2.24, 2.45) is 0 Å². The van der Waals surface area contributed by atoms with Crippen LogP contribution in [0.4, 0.5) is 5.69 Å². The van der Waals surface area contributed by atoms with Crippen LogP contribution >= 0.6 is 0 Å². The third-order valence-electron chi connectivity index (χ3n) is 3.01. The summed E-state index contributed by atoms with van der Waals surface area (Å²) in [5.41, 5.74) is 7.66. The quantitative estimate of drug-likeness (QED) is 0.701. The van der Waals surface area contributed by atoms with Crippen LogP contribution in [0.5, 0.6) is 11.5 Å². The summed E-state index contributed by atoms with van der Waals surface area (Å²) >= 11 is 0. The molecule has 0 aliphatic heterocycles. The summed E-state index contributed by atoms with van der Waals surface area (Å²) in [5, 5.41) is 2.02. The fourth-order valence-corrected chi connectivity index (χ4v) is 2.09. The van der Waals surface area contributed by atoms with Crippen LogP contribution < -0.4 is 10.5 Å². The smallest absolute Gasteiger partial charge is 0.135 e. The highest BCUT2D eigenvalue weighted by atomic mass is 16.5. The number of ether oxygens (including phenoxy) is 1. The maximum absolute atomic E-state index is 5.98. The normalized spacial score (nSPS) is 10.6. The number of nitrogen functional groups attached to an aromatic ring is 1. The van der Waals surface area contributed by atoms with E-state index in [4.69, 9.17) is 10.5 Å². The van der Waals surface area contributed by atoms with Gasteiger partial charge in [-0.3, -0.25) is 4.98 Å². The molecule has 3 aromatic rings. The molecule has 0 bridgehead atoms. The van der Waals surface area contributed by atoms with Gasteiger partial charge in [-0.15, -0.1) is 0 Å². The van der Waals surface area contributed by atoms with Gasteiger partial charge in [0.1, 0.15) is 11.5 Å². The number of aromatic nitrogens is 1. The predicted molar refractivity (Wildman–Crippen MR) is 77.4 cm³/mol. The van der Waals surface area contributed by atoms with Crippen LogP contribution in [0.3, 0.4) is 0 Å². The second-order valence-electron chi connectivity index (χ2n) is 4.43. The summed E-state index contributed by atoms with van der Waals surface area (Å²) in [5.74, 6) is 1.58. The first kappa shape index (κ1) is 11.5. The van der Waals surface area contributed by atoms with E-state index in [2.05, 4.69) is 4.98 Å². The highest BCUT2D eigenvalue weighted by Crippen LogP contribution is 2.32. The van der Waals surface area contributed by atoms with Crippen molar-refractivity contribution in [3.63, 3.8) is 0 Å². The van der Waals surface area contributed by atoms with Gasteiger partial charge in [0.2, 0.25) is 0 Å². The first-order valence-corrected chi connectivity index (χ1v) is 6.12. The second kappa shape index (κ2) is 4.61. The standard InChI is InChI=1S/C16H14N2O/c1-11-10-12(8-9-18-11)19-16-7-6-15(17)13-4-2-3-5-14(13)16/h2-10H,17H2,1H3. The molecule has 0 radical (unpaired) electrons. The first-order chi connectivity index (χ1) is 9.24. The molecular weight excluding hydrogens is 236 g/mol. The van der Waals surface area contributed by atoms with Crippen molar-refractivity contribution >= 4 is 16.5 Å². The Kier molecular flexibility index (Phi) is 2.80. The molecule has 94 valence electrons. The third-order valence-corrected chi connectivity index (χ3v) is 3.01. The molecule has 3 heteroatoms. The molecule has 0 atom stereocenters. The predicted octanol–water partition coefficient (Wildman–Crippen LogP) is 3.92. The fourth-order valence-electron chi connectivity index (χ4n) is 2.09. The van der Waals surface area contributed by atoms with Gasteiger partial charge in [0.15, 0.2) is 0 Å². The molecule has 0 aliphatic rings. The Morgan fingerprint density at radius 2 is 1.79 bits per heavy atom. The molecule has 3 nitrogen and oxygen atoms in total. The molecule has 19 heavy (non-hydrogen) atoms. The molecule has 0 saturated carbocycles. The van der Waals surface area contributed by atoms with Crippen LogP contribution in [-0.2, 0) is 0 Å². The molecule has 0 amide bonds. The minimum atomic E-state index is 0.758. The van der Waals surface area contributed by atoms with Gasteiger partial charge in [-0.1, -0.05) is 24.3 Å². The van der Waals surface area contributed by atoms with Crippen LogP contribution in [0.25, 0.3) is 10.8 Å². The van der Waals surface area contributed by atoms with Gasteiger partial charge >= 0.3 is 0 Å². The van der Waals surface area contributed by atoms with Crippen molar-refractivity contribution in [1.29, 1.82) is 0 Å². The number of anilines is 1. The van der Waals surface area contributed by atoms with Crippen molar-refractivity contribution in [1.82, 2.24) is 4.98 Å². The van der Waals surface area contributed by atoms with E-state index < -0.39 is 0 Å². The molecule has 0 saturated heterocycles. The SMILES string of the molecule is Cc1cc(Oc2ccc(N)c3ccccc23)ccn1. The van der Waals surface area contributed by atoms with Crippen LogP contribution in [0.15, 0.2) is 54.7 Å². The summed E-state index contributed by atoms with van der Waals surface area (Å²) in [6, 6.07) is 15.5. The number of fused-ring (bicyclic) bond motifs is 1. The van der Waals surface area contributed by atoms with Crippen molar-refractivity contribution in [2.75, 3.05) is 5.73 Å². The Morgan fingerprint density at radius 1 is 1.00 bits per heavy atom. The largest absolute Gasteiger partial charge is 0.457 e. The molecule has 0 unspecified atom stereocenters. The minimum absolute atomic E-state index is 0.758. The van der Waals surface area contributed by atoms with E-state index in [1.165, 1.54) is 0 Å². The lowest BCUT2D eigenvalue weighted by Gasteiger charge is -2.10. The zero-order valence-corrected chi connectivity index (χ0v) is 10.6. The van der Waals surface area contributed by atoms with E-state index in [1.807, 2.05) is 55.5 Å². The zero-order valence-electron chi connectivity index (χ0n) is 10.6. The Hall–Kier alpha value is -2.55. The average molecular weight is 250 g/mol. The molecular formula is C16H14N2O. The molecule has 0 fully saturated rings. The van der Waals surface area contributed by atoms with E-state index in [9.17, 15) is 0 Å². The Bertz CT molecular complexity index is 738. The van der Waals surface area contributed by atoms with Crippen molar-refractivity contribution in [2.45, 2.75) is 6.92 Å². The summed E-state index contributed by atoms with van der Waals surface area (Å²) in [7, 11) is 0. The number of benzene rings is 2. The van der Waals surface area contributed by atoms with Gasteiger partial charge < -0.3 is 10.5 Å². The number of hydrogen-bond acceptors (Lipinski definition) is 3. The van der Waals surface area contributed by atoms with Gasteiger partial charge in [-0.25, -0.2) is 0 Å². The molecule has 2 aromatic carbocycles. The number of rotatable bonds is 2. The molecule has 0 aliphatic carbocycles. The second-order valence-corrected chi connectivity index (χ2v) is 4.43. The third kappa shape index (κ3) is 2.22. The maximum Gasteiger partial charge on any atom is 0.135 e. The van der Waals surface area contributed by atoms with Crippen molar-refractivity contribution in [3.05, 3.63) is 60.4 Å². The minimum Gasteiger partial charge on any atom is -0.457 e. The van der Waals surface area contributed by atoms with Gasteiger partial charge in [0, 0.05) is 34.4 Å². The Labute approximate surface area is 111 Å². The number of aryl methyl sites for hydroxylation is 1. The van der Waals surface area contributed by atoms with E-state index in [0.29, 0.717) is 0 Å². The fraction of sp³-hybridized carbons (Fsp3) is 0.0625. The van der Waals surface area contributed by atoms with E-state index in [0.717, 1.165) is 33.7 Å². The van der Waals surface area contributed by atoms with Crippen molar-refractivity contribution in [3.8, 4) is 11.5 Å². The molecule has 0 spiro atoms. The van der Waals surface area contributed by atoms with E-state index in [-0.39, 0.29) is 0 Å². The summed E-state index contributed by atoms with van der Waals surface area (Å²) in [4.78, 5) is 4.16. The van der Waals surface area contributed by atoms with Crippen LogP contribution in [-0.4, -0.2) is 4.98 Å². The monoisotopic (exact) mass is 250 g/mol. The highest BCUT2D eigenvalue weighted by Gasteiger charge is 2.05. The highest BCUT2D eigenvalue weighted by molar-refractivity contribution is 5.97. The summed E-state index contributed by atoms with van der Waals surface area (Å²) < 4.78 is 5.93. The number of nitrogens with two attached hydrogens (primary N) is 1. The summed E-state index contributed by atoms with van der Waals surface area (Å²) in [6.07, 6.45) is 1.74. The topological polar surface area (TPSA) is 48.1 Å². The zero-order chi connectivity index (χ0) is 13.2. The van der Waals surface area contributed by atoms with Crippen molar-refractivity contribution < 1.29 is 4.74 Å². The van der Waals surface area contributed by atoms with Gasteiger partial charge in [-0.2, -0.15) is 0 Å². The van der Waals surface area contributed by atoms with Gasteiger partial charge in [0.25, 0.3) is 0 Å². The lowest BCUT2D eigenvalue weighted by atomic mass is 10.1. The van der Waals surface area contributed by atoms with E-state index in [1.54, 1.807) is 6.20 Å². The molecule has 2 N–H and O–H groups in total. The van der Waals surface area contributed by atoms with Crippen LogP contribution in [0.1, 0.15) is 5.69 Å². The van der Waals surface area contributed by atoms with E-state index >= 15 is 0 Å². The maximum atomic E-state index is 5.98. The number of nitrogens with zero attached hydrogens (tertiary/aromatic N) is 1. The molecule has 3 rings (SSSR count). The van der Waals surface area contributed by atoms with Crippen LogP contribution in [0.2, 0.25) is 0 Å². The lowest BCUT2D eigenvalue weighted by molar-refractivity contribution is 0.487. The van der Waals surface area contributed by atoms with Gasteiger partial charge in [0.05, 0.1) is 0 Å². The Morgan fingerprint density at radius 3 is 2.58 bits per heavy atom. The molecule has 1 aromatic heterocycles.